The van der Waals surface area contributed by atoms with Gasteiger partial charge in [-0.3, -0.25) is 4.79 Å². The molecule has 0 atom stereocenters. The summed E-state index contributed by atoms with van der Waals surface area (Å²) in [5, 5.41) is 12.7. The van der Waals surface area contributed by atoms with Gasteiger partial charge in [0.25, 0.3) is 0 Å². The van der Waals surface area contributed by atoms with Crippen LogP contribution in [0.15, 0.2) is 48.7 Å². The summed E-state index contributed by atoms with van der Waals surface area (Å²) in [5.74, 6) is 0.593. The Kier molecular flexibility index (Phi) is 4.82. The number of aromatic amines is 1. The molecule has 0 fully saturated rings. The van der Waals surface area contributed by atoms with Crippen molar-refractivity contribution in [2.75, 3.05) is 18.5 Å². The summed E-state index contributed by atoms with van der Waals surface area (Å²) in [5.41, 5.74) is 3.93. The molecule has 0 aliphatic rings. The highest BCUT2D eigenvalue weighted by Gasteiger charge is 2.10. The zero-order valence-corrected chi connectivity index (χ0v) is 13.5. The molecule has 5 nitrogen and oxygen atoms in total. The van der Waals surface area contributed by atoms with Crippen LogP contribution >= 0.6 is 0 Å². The van der Waals surface area contributed by atoms with Crippen LogP contribution in [0.5, 0.6) is 5.75 Å². The second-order valence-corrected chi connectivity index (χ2v) is 5.63. The molecule has 0 saturated heterocycles. The molecule has 0 spiro atoms. The van der Waals surface area contributed by atoms with Gasteiger partial charge >= 0.3 is 0 Å². The normalized spacial score (nSPS) is 10.8. The molecule has 5 heteroatoms. The Bertz CT molecular complexity index is 837. The van der Waals surface area contributed by atoms with Gasteiger partial charge in [-0.25, -0.2) is 0 Å². The summed E-state index contributed by atoms with van der Waals surface area (Å²) in [6.07, 6.45) is 2.20. The molecular weight excluding hydrogens is 304 g/mol. The van der Waals surface area contributed by atoms with Crippen LogP contribution in [0.25, 0.3) is 10.9 Å². The number of hydrogen-bond donors (Lipinski definition) is 3. The highest BCUT2D eigenvalue weighted by Crippen LogP contribution is 2.22. The zero-order valence-electron chi connectivity index (χ0n) is 13.5. The first kappa shape index (κ1) is 16.1. The van der Waals surface area contributed by atoms with Crippen LogP contribution in [0.2, 0.25) is 0 Å². The van der Waals surface area contributed by atoms with Crippen molar-refractivity contribution < 1.29 is 14.6 Å². The highest BCUT2D eigenvalue weighted by molar-refractivity contribution is 5.96. The Morgan fingerprint density at radius 2 is 2.00 bits per heavy atom. The lowest BCUT2D eigenvalue weighted by Crippen LogP contribution is -2.14. The first-order chi connectivity index (χ1) is 11.7. The molecule has 0 unspecified atom stereocenters. The number of carbonyl (C=O) groups excluding carboxylic acids is 1. The molecule has 1 heterocycles. The number of nitrogens with one attached hydrogen (secondary N) is 2. The number of aliphatic hydroxyl groups excluding tert-OH is 1. The number of aromatic nitrogens is 1. The average molecular weight is 324 g/mol. The molecule has 3 rings (SSSR count). The van der Waals surface area contributed by atoms with Crippen LogP contribution in [0.4, 0.5) is 5.69 Å². The minimum atomic E-state index is -0.0681. The van der Waals surface area contributed by atoms with E-state index in [-0.39, 0.29) is 19.1 Å². The average Bonchev–Trinajstić information content (AvgIpc) is 2.98. The van der Waals surface area contributed by atoms with Gasteiger partial charge in [-0.15, -0.1) is 0 Å². The number of H-pyrrole nitrogens is 1. The van der Waals surface area contributed by atoms with Gasteiger partial charge in [0, 0.05) is 22.8 Å². The first-order valence-electron chi connectivity index (χ1n) is 7.86. The second-order valence-electron chi connectivity index (χ2n) is 5.63. The number of para-hydroxylation sites is 1. The first-order valence-corrected chi connectivity index (χ1v) is 7.86. The summed E-state index contributed by atoms with van der Waals surface area (Å²) >= 11 is 0. The lowest BCUT2D eigenvalue weighted by molar-refractivity contribution is -0.115. The summed E-state index contributed by atoms with van der Waals surface area (Å²) in [4.78, 5) is 15.5. The van der Waals surface area contributed by atoms with E-state index in [9.17, 15) is 4.79 Å². The predicted molar refractivity (Wildman–Crippen MR) is 94.4 cm³/mol. The fraction of sp³-hybridized carbons (Fsp3) is 0.211. The third-order valence-electron chi connectivity index (χ3n) is 3.86. The number of hydrogen-bond acceptors (Lipinski definition) is 3. The Morgan fingerprint density at radius 3 is 2.75 bits per heavy atom. The van der Waals surface area contributed by atoms with E-state index in [2.05, 4.69) is 10.3 Å². The van der Waals surface area contributed by atoms with Crippen molar-refractivity contribution in [2.24, 2.45) is 0 Å². The van der Waals surface area contributed by atoms with Crippen molar-refractivity contribution in [1.29, 1.82) is 0 Å². The van der Waals surface area contributed by atoms with Crippen molar-refractivity contribution in [2.45, 2.75) is 13.3 Å². The number of fused-ring (bicyclic) bond motifs is 1. The fourth-order valence-corrected chi connectivity index (χ4v) is 2.69. The van der Waals surface area contributed by atoms with Gasteiger partial charge in [0.05, 0.1) is 13.0 Å². The molecule has 1 amide bonds. The predicted octanol–water partition coefficient (Wildman–Crippen LogP) is 3.03. The van der Waals surface area contributed by atoms with Crippen molar-refractivity contribution in [3.8, 4) is 5.75 Å². The minimum Gasteiger partial charge on any atom is -0.491 e. The van der Waals surface area contributed by atoms with Gasteiger partial charge in [0.2, 0.25) is 5.91 Å². The van der Waals surface area contributed by atoms with E-state index in [0.29, 0.717) is 17.9 Å². The van der Waals surface area contributed by atoms with Crippen LogP contribution < -0.4 is 10.1 Å². The van der Waals surface area contributed by atoms with Gasteiger partial charge in [0.15, 0.2) is 0 Å². The van der Waals surface area contributed by atoms with E-state index >= 15 is 0 Å². The topological polar surface area (TPSA) is 74.3 Å². The van der Waals surface area contributed by atoms with Crippen molar-refractivity contribution >= 4 is 22.5 Å². The summed E-state index contributed by atoms with van der Waals surface area (Å²) < 4.78 is 5.29. The van der Waals surface area contributed by atoms with E-state index < -0.39 is 0 Å². The molecule has 3 aromatic rings. The number of anilines is 1. The molecule has 2 aromatic carbocycles. The highest BCUT2D eigenvalue weighted by atomic mass is 16.5. The van der Waals surface area contributed by atoms with Gasteiger partial charge in [-0.05, 0) is 42.3 Å². The molecule has 0 aliphatic carbocycles. The number of amides is 1. The molecule has 0 radical (unpaired) electrons. The van der Waals surface area contributed by atoms with E-state index in [0.717, 1.165) is 22.0 Å². The van der Waals surface area contributed by atoms with Gasteiger partial charge < -0.3 is 20.1 Å². The Labute approximate surface area is 140 Å². The molecule has 124 valence electrons. The van der Waals surface area contributed by atoms with Crippen molar-refractivity contribution in [1.82, 2.24) is 4.98 Å². The molecule has 0 bridgehead atoms. The largest absolute Gasteiger partial charge is 0.491 e. The number of benzene rings is 2. The summed E-state index contributed by atoms with van der Waals surface area (Å²) in [7, 11) is 0. The molecule has 24 heavy (non-hydrogen) atoms. The molecule has 1 aromatic heterocycles. The van der Waals surface area contributed by atoms with Crippen LogP contribution in [-0.2, 0) is 11.2 Å². The Balaban J connectivity index is 1.65. The standard InChI is InChI=1S/C19H20N2O3/c1-13-3-2-4-17-14(12-20-19(13)17)11-18(23)21-15-5-7-16(8-6-15)24-10-9-22/h2-8,12,20,22H,9-11H2,1H3,(H,21,23). The molecule has 3 N–H and O–H groups in total. The van der Waals surface area contributed by atoms with Gasteiger partial charge in [0.1, 0.15) is 12.4 Å². The zero-order chi connectivity index (χ0) is 16.9. The van der Waals surface area contributed by atoms with E-state index in [1.807, 2.05) is 31.3 Å². The fourth-order valence-electron chi connectivity index (χ4n) is 2.69. The van der Waals surface area contributed by atoms with Gasteiger partial charge in [-0.2, -0.15) is 0 Å². The van der Waals surface area contributed by atoms with E-state index in [4.69, 9.17) is 9.84 Å². The smallest absolute Gasteiger partial charge is 0.228 e. The van der Waals surface area contributed by atoms with Crippen LogP contribution in [0.3, 0.4) is 0 Å². The molecule has 0 saturated carbocycles. The SMILES string of the molecule is Cc1cccc2c(CC(=O)Nc3ccc(OCCO)cc3)c[nH]c12. The maximum Gasteiger partial charge on any atom is 0.228 e. The number of carbonyl (C=O) groups is 1. The number of aliphatic hydroxyl groups is 1. The number of rotatable bonds is 6. The monoisotopic (exact) mass is 324 g/mol. The minimum absolute atomic E-state index is 0.0252. The van der Waals surface area contributed by atoms with Gasteiger partial charge in [-0.1, -0.05) is 18.2 Å². The Hall–Kier alpha value is -2.79. The van der Waals surface area contributed by atoms with Crippen molar-refractivity contribution in [3.05, 3.63) is 59.8 Å². The molecule has 0 aliphatic heterocycles. The second kappa shape index (κ2) is 7.19. The van der Waals surface area contributed by atoms with Crippen molar-refractivity contribution in [3.63, 3.8) is 0 Å². The number of ether oxygens (including phenoxy) is 1. The van der Waals surface area contributed by atoms with Crippen LogP contribution in [0, 0.1) is 6.92 Å². The molecular formula is C19H20N2O3. The maximum absolute atomic E-state index is 12.3. The maximum atomic E-state index is 12.3. The Morgan fingerprint density at radius 1 is 1.21 bits per heavy atom. The number of aryl methyl sites for hydroxylation is 1. The third kappa shape index (κ3) is 3.58. The summed E-state index contributed by atoms with van der Waals surface area (Å²) in [6.45, 7) is 2.28. The van der Waals surface area contributed by atoms with E-state index in [1.54, 1.807) is 24.3 Å². The lowest BCUT2D eigenvalue weighted by atomic mass is 10.1. The lowest BCUT2D eigenvalue weighted by Gasteiger charge is -2.07. The quantitative estimate of drug-likeness (QED) is 0.652. The van der Waals surface area contributed by atoms with E-state index in [1.165, 1.54) is 0 Å². The summed E-state index contributed by atoms with van der Waals surface area (Å²) in [6, 6.07) is 13.2. The third-order valence-corrected chi connectivity index (χ3v) is 3.86. The van der Waals surface area contributed by atoms with Crippen LogP contribution in [-0.4, -0.2) is 29.2 Å². The van der Waals surface area contributed by atoms with Crippen LogP contribution in [0.1, 0.15) is 11.1 Å².